The number of carbonyl (C=O) groups is 2. The molecular weight excluding hydrogens is 414 g/mol. The number of imidazole rings is 1. The van der Waals surface area contributed by atoms with E-state index >= 15 is 0 Å². The standard InChI is InChI=1S/C26H31N5O2/c1-19(2)29-25(33)26(9-12-30(17-26)24(32)20(3)31-13-11-28-18-31)15-21-6-4-7-22(14-21)23-8-5-10-27-16-23/h4-8,10-11,13-14,16,18-20H,9,12,15,17H2,1-3H3,(H,29,33)/t20-,26-/m0/s1. The highest BCUT2D eigenvalue weighted by Crippen LogP contribution is 2.36. The first kappa shape index (κ1) is 22.7. The maximum Gasteiger partial charge on any atom is 0.245 e. The summed E-state index contributed by atoms with van der Waals surface area (Å²) < 4.78 is 1.80. The molecule has 1 saturated heterocycles. The Morgan fingerprint density at radius 1 is 1.09 bits per heavy atom. The molecule has 0 radical (unpaired) electrons. The van der Waals surface area contributed by atoms with Gasteiger partial charge in [0.1, 0.15) is 6.04 Å². The number of rotatable bonds is 7. The molecule has 7 nitrogen and oxygen atoms in total. The first-order chi connectivity index (χ1) is 15.9. The van der Waals surface area contributed by atoms with Crippen molar-refractivity contribution in [2.75, 3.05) is 13.1 Å². The van der Waals surface area contributed by atoms with Gasteiger partial charge in [0.2, 0.25) is 11.8 Å². The van der Waals surface area contributed by atoms with Crippen LogP contribution in [0.25, 0.3) is 11.1 Å². The lowest BCUT2D eigenvalue weighted by Gasteiger charge is -2.30. The van der Waals surface area contributed by atoms with Crippen molar-refractivity contribution in [1.82, 2.24) is 24.8 Å². The highest BCUT2D eigenvalue weighted by Gasteiger charge is 2.46. The van der Waals surface area contributed by atoms with Crippen LogP contribution in [0.1, 0.15) is 38.8 Å². The molecule has 33 heavy (non-hydrogen) atoms. The van der Waals surface area contributed by atoms with Crippen LogP contribution in [0, 0.1) is 5.41 Å². The molecule has 3 heterocycles. The van der Waals surface area contributed by atoms with Crippen LogP contribution in [0.15, 0.2) is 67.5 Å². The zero-order chi connectivity index (χ0) is 23.4. The van der Waals surface area contributed by atoms with E-state index in [2.05, 4.69) is 33.5 Å². The second kappa shape index (κ2) is 9.57. The zero-order valence-electron chi connectivity index (χ0n) is 19.4. The lowest BCUT2D eigenvalue weighted by atomic mass is 9.79. The Labute approximate surface area is 194 Å². The third-order valence-corrected chi connectivity index (χ3v) is 6.36. The summed E-state index contributed by atoms with van der Waals surface area (Å²) in [7, 11) is 0. The third kappa shape index (κ3) is 4.97. The summed E-state index contributed by atoms with van der Waals surface area (Å²) in [5.74, 6) is 0.0196. The van der Waals surface area contributed by atoms with Gasteiger partial charge in [-0.2, -0.15) is 0 Å². The smallest absolute Gasteiger partial charge is 0.245 e. The molecule has 2 atom stereocenters. The van der Waals surface area contributed by atoms with Crippen LogP contribution < -0.4 is 5.32 Å². The molecule has 0 bridgehead atoms. The number of hydrogen-bond acceptors (Lipinski definition) is 4. The van der Waals surface area contributed by atoms with Gasteiger partial charge in [0.25, 0.3) is 0 Å². The first-order valence-corrected chi connectivity index (χ1v) is 11.4. The van der Waals surface area contributed by atoms with Gasteiger partial charge in [0.05, 0.1) is 11.7 Å². The maximum atomic E-state index is 13.4. The van der Waals surface area contributed by atoms with Crippen LogP contribution in [0.2, 0.25) is 0 Å². The number of carbonyl (C=O) groups excluding carboxylic acids is 2. The van der Waals surface area contributed by atoms with E-state index in [-0.39, 0.29) is 23.9 Å². The van der Waals surface area contributed by atoms with Crippen LogP contribution in [-0.4, -0.2) is 50.4 Å². The minimum Gasteiger partial charge on any atom is -0.353 e. The summed E-state index contributed by atoms with van der Waals surface area (Å²) in [5.41, 5.74) is 2.52. The topological polar surface area (TPSA) is 80.1 Å². The Morgan fingerprint density at radius 2 is 1.91 bits per heavy atom. The molecule has 4 rings (SSSR count). The molecule has 1 aliphatic rings. The number of benzene rings is 1. The molecule has 0 unspecified atom stereocenters. The number of likely N-dealkylation sites (tertiary alicyclic amines) is 1. The fourth-order valence-electron chi connectivity index (χ4n) is 4.56. The first-order valence-electron chi connectivity index (χ1n) is 11.4. The molecule has 2 amide bonds. The molecule has 172 valence electrons. The van der Waals surface area contributed by atoms with Crippen molar-refractivity contribution in [2.45, 2.75) is 45.7 Å². The Hall–Kier alpha value is -3.48. The van der Waals surface area contributed by atoms with Crippen molar-refractivity contribution in [3.63, 3.8) is 0 Å². The molecule has 7 heteroatoms. The zero-order valence-corrected chi connectivity index (χ0v) is 19.4. The van der Waals surface area contributed by atoms with Crippen LogP contribution in [-0.2, 0) is 16.0 Å². The van der Waals surface area contributed by atoms with Crippen LogP contribution in [0.3, 0.4) is 0 Å². The van der Waals surface area contributed by atoms with E-state index in [9.17, 15) is 9.59 Å². The van der Waals surface area contributed by atoms with E-state index in [1.165, 1.54) is 0 Å². The van der Waals surface area contributed by atoms with Crippen LogP contribution in [0.4, 0.5) is 0 Å². The number of nitrogens with zero attached hydrogens (tertiary/aromatic N) is 4. The van der Waals surface area contributed by atoms with Crippen molar-refractivity contribution in [2.24, 2.45) is 5.41 Å². The molecule has 3 aromatic rings. The summed E-state index contributed by atoms with van der Waals surface area (Å²) in [6.07, 6.45) is 9.92. The molecule has 0 saturated carbocycles. The van der Waals surface area contributed by atoms with E-state index in [1.54, 1.807) is 29.5 Å². The number of amides is 2. The lowest BCUT2D eigenvalue weighted by Crippen LogP contribution is -2.47. The predicted octanol–water partition coefficient (Wildman–Crippen LogP) is 3.49. The van der Waals surface area contributed by atoms with Crippen molar-refractivity contribution in [3.05, 3.63) is 73.1 Å². The summed E-state index contributed by atoms with van der Waals surface area (Å²) in [5, 5.41) is 3.11. The highest BCUT2D eigenvalue weighted by molar-refractivity contribution is 5.87. The average molecular weight is 446 g/mol. The van der Waals surface area contributed by atoms with Crippen LogP contribution >= 0.6 is 0 Å². The van der Waals surface area contributed by atoms with Crippen LogP contribution in [0.5, 0.6) is 0 Å². The fourth-order valence-corrected chi connectivity index (χ4v) is 4.56. The Kier molecular flexibility index (Phi) is 6.58. The van der Waals surface area contributed by atoms with Crippen molar-refractivity contribution in [3.8, 4) is 11.1 Å². The molecular formula is C26H31N5O2. The highest BCUT2D eigenvalue weighted by atomic mass is 16.2. The van der Waals surface area contributed by atoms with Crippen molar-refractivity contribution < 1.29 is 9.59 Å². The number of aromatic nitrogens is 3. The largest absolute Gasteiger partial charge is 0.353 e. The third-order valence-electron chi connectivity index (χ3n) is 6.36. The van der Waals surface area contributed by atoms with Crippen molar-refractivity contribution in [1.29, 1.82) is 0 Å². The molecule has 1 aromatic carbocycles. The van der Waals surface area contributed by atoms with Gasteiger partial charge in [-0.25, -0.2) is 4.98 Å². The molecule has 0 aliphatic carbocycles. The van der Waals surface area contributed by atoms with Gasteiger partial charge >= 0.3 is 0 Å². The number of pyridine rings is 1. The molecule has 0 spiro atoms. The molecule has 1 fully saturated rings. The van der Waals surface area contributed by atoms with E-state index in [4.69, 9.17) is 0 Å². The second-order valence-corrected chi connectivity index (χ2v) is 9.22. The summed E-state index contributed by atoms with van der Waals surface area (Å²) in [4.78, 5) is 36.7. The van der Waals surface area contributed by atoms with Gasteiger partial charge in [0.15, 0.2) is 0 Å². The van der Waals surface area contributed by atoms with Gasteiger partial charge in [-0.3, -0.25) is 14.6 Å². The SMILES string of the molecule is CC(C)NC(=O)[C@]1(Cc2cccc(-c3cccnc3)c2)CCN(C(=O)[C@H](C)n2ccnc2)C1. The van der Waals surface area contributed by atoms with Gasteiger partial charge in [-0.1, -0.05) is 30.3 Å². The molecule has 2 aromatic heterocycles. The number of nitrogens with one attached hydrogen (secondary N) is 1. The molecule has 1 N–H and O–H groups in total. The predicted molar refractivity (Wildman–Crippen MR) is 127 cm³/mol. The fraction of sp³-hybridized carbons (Fsp3) is 0.385. The van der Waals surface area contributed by atoms with E-state index in [0.29, 0.717) is 25.9 Å². The average Bonchev–Trinajstić information content (AvgIpc) is 3.50. The minimum atomic E-state index is -0.665. The van der Waals surface area contributed by atoms with E-state index in [0.717, 1.165) is 16.7 Å². The summed E-state index contributed by atoms with van der Waals surface area (Å²) >= 11 is 0. The Bertz CT molecular complexity index is 1100. The summed E-state index contributed by atoms with van der Waals surface area (Å²) in [6, 6.07) is 11.9. The molecule has 1 aliphatic heterocycles. The van der Waals surface area contributed by atoms with Crippen molar-refractivity contribution >= 4 is 11.8 Å². The quantitative estimate of drug-likeness (QED) is 0.604. The normalized spacial score (nSPS) is 19.0. The second-order valence-electron chi connectivity index (χ2n) is 9.22. The Morgan fingerprint density at radius 3 is 2.61 bits per heavy atom. The van der Waals surface area contributed by atoms with E-state index < -0.39 is 5.41 Å². The number of hydrogen-bond donors (Lipinski definition) is 1. The lowest BCUT2D eigenvalue weighted by molar-refractivity contribution is -0.135. The van der Waals surface area contributed by atoms with Gasteiger partial charge in [-0.05, 0) is 56.4 Å². The van der Waals surface area contributed by atoms with Gasteiger partial charge in [-0.15, -0.1) is 0 Å². The minimum absolute atomic E-state index is 0.00913. The monoisotopic (exact) mass is 445 g/mol. The van der Waals surface area contributed by atoms with Gasteiger partial charge < -0.3 is 14.8 Å². The summed E-state index contributed by atoms with van der Waals surface area (Å²) in [6.45, 7) is 6.77. The maximum absolute atomic E-state index is 13.4. The van der Waals surface area contributed by atoms with Gasteiger partial charge in [0, 0.05) is 43.9 Å². The Balaban J connectivity index is 1.58. The van der Waals surface area contributed by atoms with E-state index in [1.807, 2.05) is 50.1 Å².